The molecule has 0 unspecified atom stereocenters. The van der Waals surface area contributed by atoms with Crippen LogP contribution >= 0.6 is 0 Å². The highest BCUT2D eigenvalue weighted by atomic mass is 19.4. The van der Waals surface area contributed by atoms with Crippen molar-refractivity contribution in [2.45, 2.75) is 12.8 Å². The molecule has 0 aromatic heterocycles. The van der Waals surface area contributed by atoms with Gasteiger partial charge in [0, 0.05) is 37.4 Å². The minimum absolute atomic E-state index is 0.102. The zero-order valence-corrected chi connectivity index (χ0v) is 16.9. The van der Waals surface area contributed by atoms with Gasteiger partial charge < -0.3 is 15.0 Å². The number of amides is 2. The fourth-order valence-corrected chi connectivity index (χ4v) is 3.24. The second kappa shape index (κ2) is 10.4. The van der Waals surface area contributed by atoms with Gasteiger partial charge in [0.2, 0.25) is 5.91 Å². The van der Waals surface area contributed by atoms with Crippen molar-refractivity contribution < 1.29 is 27.5 Å². The number of benzene rings is 2. The minimum Gasteiger partial charge on any atom is -0.367 e. The third kappa shape index (κ3) is 7.37. The number of hydrogen-bond donors (Lipinski definition) is 1. The van der Waals surface area contributed by atoms with Crippen LogP contribution in [0.2, 0.25) is 0 Å². The lowest BCUT2D eigenvalue weighted by Crippen LogP contribution is -2.50. The highest BCUT2D eigenvalue weighted by Gasteiger charge is 2.27. The number of piperazine rings is 1. The molecule has 1 N–H and O–H groups in total. The molecule has 166 valence electrons. The van der Waals surface area contributed by atoms with Crippen molar-refractivity contribution in [2.75, 3.05) is 44.6 Å². The molecule has 0 saturated carbocycles. The molecule has 2 aromatic carbocycles. The van der Waals surface area contributed by atoms with Crippen LogP contribution < -0.4 is 5.32 Å². The molecule has 1 fully saturated rings. The number of nitrogens with zero attached hydrogens (tertiary/aromatic N) is 2. The predicted molar refractivity (Wildman–Crippen MR) is 110 cm³/mol. The molecule has 0 spiro atoms. The molecule has 2 aromatic rings. The van der Waals surface area contributed by atoms with Crippen LogP contribution in [-0.4, -0.2) is 67.1 Å². The van der Waals surface area contributed by atoms with Gasteiger partial charge in [-0.05, 0) is 29.8 Å². The minimum atomic E-state index is -4.36. The van der Waals surface area contributed by atoms with Gasteiger partial charge in [0.1, 0.15) is 6.61 Å². The summed E-state index contributed by atoms with van der Waals surface area (Å²) >= 11 is 0. The van der Waals surface area contributed by atoms with Crippen molar-refractivity contribution in [3.63, 3.8) is 0 Å². The Hall–Kier alpha value is -2.91. The lowest BCUT2D eigenvalue weighted by atomic mass is 10.1. The smallest absolute Gasteiger partial charge is 0.367 e. The van der Waals surface area contributed by atoms with E-state index in [1.165, 1.54) is 0 Å². The molecule has 2 amide bonds. The van der Waals surface area contributed by atoms with Crippen LogP contribution in [0.1, 0.15) is 15.9 Å². The molecule has 1 aliphatic rings. The SMILES string of the molecule is O=C(CN1CCN(C(=O)c2ccc(COCC(F)(F)F)cc2)CC1)Nc1ccccc1. The number of halogens is 3. The fourth-order valence-electron chi connectivity index (χ4n) is 3.24. The van der Waals surface area contributed by atoms with Crippen molar-refractivity contribution >= 4 is 17.5 Å². The number of anilines is 1. The average Bonchev–Trinajstić information content (AvgIpc) is 2.74. The normalized spacial score (nSPS) is 15.0. The number of nitrogens with one attached hydrogen (secondary N) is 1. The summed E-state index contributed by atoms with van der Waals surface area (Å²) in [5.41, 5.74) is 1.78. The second-order valence-corrected chi connectivity index (χ2v) is 7.29. The highest BCUT2D eigenvalue weighted by molar-refractivity contribution is 5.94. The van der Waals surface area contributed by atoms with Crippen LogP contribution in [0, 0.1) is 0 Å². The molecule has 0 atom stereocenters. The lowest BCUT2D eigenvalue weighted by Gasteiger charge is -2.34. The molecular weight excluding hydrogens is 411 g/mol. The summed E-state index contributed by atoms with van der Waals surface area (Å²) < 4.78 is 41.0. The van der Waals surface area contributed by atoms with Crippen molar-refractivity contribution in [1.29, 1.82) is 0 Å². The second-order valence-electron chi connectivity index (χ2n) is 7.29. The van der Waals surface area contributed by atoms with E-state index < -0.39 is 12.8 Å². The molecule has 3 rings (SSSR count). The lowest BCUT2D eigenvalue weighted by molar-refractivity contribution is -0.176. The molecule has 31 heavy (non-hydrogen) atoms. The van der Waals surface area contributed by atoms with E-state index in [9.17, 15) is 22.8 Å². The molecular formula is C22H24F3N3O3. The molecule has 9 heteroatoms. The number of carbonyl (C=O) groups is 2. The number of hydrogen-bond acceptors (Lipinski definition) is 4. The summed E-state index contributed by atoms with van der Waals surface area (Å²) in [5.74, 6) is -0.245. The number of carbonyl (C=O) groups excluding carboxylic acids is 2. The van der Waals surface area contributed by atoms with E-state index in [0.29, 0.717) is 37.3 Å². The van der Waals surface area contributed by atoms with Gasteiger partial charge >= 0.3 is 6.18 Å². The zero-order valence-electron chi connectivity index (χ0n) is 16.9. The molecule has 0 radical (unpaired) electrons. The average molecular weight is 435 g/mol. The number of alkyl halides is 3. The monoisotopic (exact) mass is 435 g/mol. The van der Waals surface area contributed by atoms with E-state index in [-0.39, 0.29) is 25.0 Å². The van der Waals surface area contributed by atoms with Crippen LogP contribution in [0.15, 0.2) is 54.6 Å². The van der Waals surface area contributed by atoms with Gasteiger partial charge in [-0.1, -0.05) is 30.3 Å². The summed E-state index contributed by atoms with van der Waals surface area (Å²) in [7, 11) is 0. The van der Waals surface area contributed by atoms with Crippen LogP contribution in [0.4, 0.5) is 18.9 Å². The van der Waals surface area contributed by atoms with Gasteiger partial charge in [-0.3, -0.25) is 14.5 Å². The van der Waals surface area contributed by atoms with Gasteiger partial charge in [0.25, 0.3) is 5.91 Å². The maximum atomic E-state index is 12.7. The van der Waals surface area contributed by atoms with Gasteiger partial charge in [-0.2, -0.15) is 13.2 Å². The Balaban J connectivity index is 1.42. The Labute approximate surface area is 178 Å². The Kier molecular flexibility index (Phi) is 7.64. The maximum absolute atomic E-state index is 12.7. The van der Waals surface area contributed by atoms with Crippen LogP contribution in [-0.2, 0) is 16.1 Å². The fraction of sp³-hybridized carbons (Fsp3) is 0.364. The highest BCUT2D eigenvalue weighted by Crippen LogP contribution is 2.16. The van der Waals surface area contributed by atoms with E-state index >= 15 is 0 Å². The molecule has 0 aliphatic carbocycles. The van der Waals surface area contributed by atoms with Gasteiger partial charge in [0.05, 0.1) is 13.2 Å². The van der Waals surface area contributed by atoms with E-state index in [2.05, 4.69) is 10.1 Å². The third-order valence-corrected chi connectivity index (χ3v) is 4.82. The Morgan fingerprint density at radius 1 is 0.935 bits per heavy atom. The Morgan fingerprint density at radius 2 is 1.58 bits per heavy atom. The Morgan fingerprint density at radius 3 is 2.19 bits per heavy atom. The summed E-state index contributed by atoms with van der Waals surface area (Å²) in [5, 5.41) is 2.84. The van der Waals surface area contributed by atoms with E-state index in [1.54, 1.807) is 29.2 Å². The van der Waals surface area contributed by atoms with Gasteiger partial charge in [0.15, 0.2) is 0 Å². The first-order valence-corrected chi connectivity index (χ1v) is 9.90. The first-order valence-electron chi connectivity index (χ1n) is 9.90. The number of ether oxygens (including phenoxy) is 1. The van der Waals surface area contributed by atoms with Crippen LogP contribution in [0.3, 0.4) is 0 Å². The largest absolute Gasteiger partial charge is 0.411 e. The zero-order chi connectivity index (χ0) is 22.3. The van der Waals surface area contributed by atoms with Gasteiger partial charge in [-0.15, -0.1) is 0 Å². The molecule has 1 heterocycles. The van der Waals surface area contributed by atoms with Crippen molar-refractivity contribution in [3.8, 4) is 0 Å². The standard InChI is InChI=1S/C22H24F3N3O3/c23-22(24,25)16-31-15-17-6-8-18(9-7-17)21(30)28-12-10-27(11-13-28)14-20(29)26-19-4-2-1-3-5-19/h1-9H,10-16H2,(H,26,29). The van der Waals surface area contributed by atoms with Gasteiger partial charge in [-0.25, -0.2) is 0 Å². The first-order chi connectivity index (χ1) is 14.8. The quantitative estimate of drug-likeness (QED) is 0.726. The molecule has 6 nitrogen and oxygen atoms in total. The van der Waals surface area contributed by atoms with Crippen molar-refractivity contribution in [3.05, 3.63) is 65.7 Å². The first kappa shape index (κ1) is 22.8. The van der Waals surface area contributed by atoms with Crippen molar-refractivity contribution in [1.82, 2.24) is 9.80 Å². The topological polar surface area (TPSA) is 61.9 Å². The van der Waals surface area contributed by atoms with Crippen LogP contribution in [0.5, 0.6) is 0 Å². The predicted octanol–water partition coefficient (Wildman–Crippen LogP) is 3.16. The Bertz CT molecular complexity index is 865. The maximum Gasteiger partial charge on any atom is 0.411 e. The van der Waals surface area contributed by atoms with E-state index in [1.807, 2.05) is 35.2 Å². The summed E-state index contributed by atoms with van der Waals surface area (Å²) in [6.07, 6.45) is -4.36. The summed E-state index contributed by atoms with van der Waals surface area (Å²) in [6.45, 7) is 0.930. The van der Waals surface area contributed by atoms with E-state index in [0.717, 1.165) is 5.69 Å². The van der Waals surface area contributed by atoms with Crippen LogP contribution in [0.25, 0.3) is 0 Å². The molecule has 1 aliphatic heterocycles. The number of rotatable bonds is 7. The third-order valence-electron chi connectivity index (χ3n) is 4.82. The molecule has 1 saturated heterocycles. The number of para-hydroxylation sites is 1. The molecule has 0 bridgehead atoms. The van der Waals surface area contributed by atoms with Crippen molar-refractivity contribution in [2.24, 2.45) is 0 Å². The summed E-state index contributed by atoms with van der Waals surface area (Å²) in [4.78, 5) is 28.5. The summed E-state index contributed by atoms with van der Waals surface area (Å²) in [6, 6.07) is 15.6. The van der Waals surface area contributed by atoms with E-state index in [4.69, 9.17) is 0 Å².